The molecule has 0 saturated heterocycles. The molecule has 0 atom stereocenters. The van der Waals surface area contributed by atoms with Gasteiger partial charge in [-0.25, -0.2) is 0 Å². The van der Waals surface area contributed by atoms with Crippen LogP contribution in [0.15, 0.2) is 71.1 Å². The third kappa shape index (κ3) is 5.40. The molecule has 0 saturated carbocycles. The summed E-state index contributed by atoms with van der Waals surface area (Å²) in [5.74, 6) is 1.22. The first-order valence-electron chi connectivity index (χ1n) is 11.4. The van der Waals surface area contributed by atoms with E-state index in [0.29, 0.717) is 41.5 Å². The van der Waals surface area contributed by atoms with Crippen molar-refractivity contribution in [3.05, 3.63) is 77.1 Å². The lowest BCUT2D eigenvalue weighted by Crippen LogP contribution is -2.29. The van der Waals surface area contributed by atoms with Crippen LogP contribution in [0.5, 0.6) is 5.75 Å². The molecule has 4 aromatic rings. The lowest BCUT2D eigenvalue weighted by Gasteiger charge is -2.19. The topological polar surface area (TPSA) is 90.5 Å². The van der Waals surface area contributed by atoms with E-state index in [9.17, 15) is 9.59 Å². The number of hydrogen-bond acceptors (Lipinski definition) is 6. The smallest absolute Gasteiger partial charge is 0.263 e. The second-order valence-electron chi connectivity index (χ2n) is 9.10. The van der Waals surface area contributed by atoms with Gasteiger partial charge in [0, 0.05) is 6.54 Å². The van der Waals surface area contributed by atoms with Crippen molar-refractivity contribution in [3.63, 3.8) is 0 Å². The summed E-state index contributed by atoms with van der Waals surface area (Å²) >= 11 is 1.27. The van der Waals surface area contributed by atoms with Crippen molar-refractivity contribution in [1.29, 1.82) is 0 Å². The van der Waals surface area contributed by atoms with Crippen LogP contribution in [0.4, 0.5) is 0 Å². The van der Waals surface area contributed by atoms with E-state index in [1.54, 1.807) is 12.1 Å². The number of fused-ring (bicyclic) bond motifs is 3. The number of aromatic nitrogens is 4. The van der Waals surface area contributed by atoms with Gasteiger partial charge >= 0.3 is 0 Å². The molecule has 8 nitrogen and oxygen atoms in total. The van der Waals surface area contributed by atoms with Gasteiger partial charge in [-0.05, 0) is 35.2 Å². The van der Waals surface area contributed by atoms with Gasteiger partial charge in [0.2, 0.25) is 11.7 Å². The maximum Gasteiger partial charge on any atom is 0.263 e. The van der Waals surface area contributed by atoms with Gasteiger partial charge in [0.05, 0.1) is 23.2 Å². The minimum atomic E-state index is -0.150. The maximum absolute atomic E-state index is 12.9. The number of rotatable bonds is 9. The van der Waals surface area contributed by atoms with E-state index in [4.69, 9.17) is 4.74 Å². The Bertz CT molecular complexity index is 1420. The Labute approximate surface area is 208 Å². The number of nitrogens with zero attached hydrogens (tertiary/aromatic N) is 4. The third-order valence-electron chi connectivity index (χ3n) is 5.54. The molecule has 0 bridgehead atoms. The highest BCUT2D eigenvalue weighted by Crippen LogP contribution is 2.24. The van der Waals surface area contributed by atoms with Crippen LogP contribution in [0.1, 0.15) is 26.3 Å². The Hall–Kier alpha value is -3.59. The zero-order valence-electron chi connectivity index (χ0n) is 20.2. The van der Waals surface area contributed by atoms with Crippen LogP contribution in [-0.4, -0.2) is 44.0 Å². The predicted molar refractivity (Wildman–Crippen MR) is 139 cm³/mol. The molecule has 2 aromatic carbocycles. The summed E-state index contributed by atoms with van der Waals surface area (Å²) in [5.41, 5.74) is 1.88. The molecular formula is C26H29N5O3S. The third-order valence-corrected chi connectivity index (χ3v) is 6.46. The summed E-state index contributed by atoms with van der Waals surface area (Å²) in [6.07, 6.45) is 1.64. The highest BCUT2D eigenvalue weighted by Gasteiger charge is 2.17. The fraction of sp³-hybridized carbons (Fsp3) is 0.308. The average molecular weight is 492 g/mol. The van der Waals surface area contributed by atoms with Gasteiger partial charge in [-0.2, -0.15) is 0 Å². The molecule has 2 heterocycles. The Morgan fingerprint density at radius 1 is 1.14 bits per heavy atom. The number of ether oxygens (including phenoxy) is 1. The Morgan fingerprint density at radius 3 is 2.60 bits per heavy atom. The largest absolute Gasteiger partial charge is 0.492 e. The van der Waals surface area contributed by atoms with Crippen molar-refractivity contribution >= 4 is 34.3 Å². The highest BCUT2D eigenvalue weighted by molar-refractivity contribution is 7.99. The summed E-state index contributed by atoms with van der Waals surface area (Å²) in [4.78, 5) is 25.3. The van der Waals surface area contributed by atoms with Gasteiger partial charge in [-0.15, -0.1) is 16.8 Å². The quantitative estimate of drug-likeness (QED) is 0.218. The molecule has 35 heavy (non-hydrogen) atoms. The van der Waals surface area contributed by atoms with E-state index in [0.717, 1.165) is 5.75 Å². The fourth-order valence-corrected chi connectivity index (χ4v) is 4.48. The number of para-hydroxylation sites is 1. The van der Waals surface area contributed by atoms with Crippen LogP contribution >= 0.6 is 11.8 Å². The lowest BCUT2D eigenvalue weighted by atomic mass is 9.87. The Balaban J connectivity index is 1.37. The van der Waals surface area contributed by atoms with Gasteiger partial charge in [-0.1, -0.05) is 62.9 Å². The normalized spacial score (nSPS) is 11.6. The molecule has 0 spiro atoms. The van der Waals surface area contributed by atoms with E-state index in [1.807, 2.05) is 34.7 Å². The Morgan fingerprint density at radius 2 is 1.89 bits per heavy atom. The Kier molecular flexibility index (Phi) is 7.25. The van der Waals surface area contributed by atoms with Crippen LogP contribution in [0, 0.1) is 0 Å². The first-order chi connectivity index (χ1) is 16.8. The van der Waals surface area contributed by atoms with E-state index in [2.05, 4.69) is 55.0 Å². The van der Waals surface area contributed by atoms with E-state index < -0.39 is 0 Å². The van der Waals surface area contributed by atoms with Crippen LogP contribution < -0.4 is 15.6 Å². The number of allylic oxidation sites excluding steroid dienone is 1. The number of hydrogen-bond donors (Lipinski definition) is 1. The molecule has 0 unspecified atom stereocenters. The van der Waals surface area contributed by atoms with Gasteiger partial charge in [0.15, 0.2) is 5.16 Å². The second kappa shape index (κ2) is 10.4. The SMILES string of the molecule is C=CCn1c(=O)c2ccccc2n2c(SCC(=O)NCCOc3ccc(C(C)(C)C)cc3)nnc12. The van der Waals surface area contributed by atoms with E-state index in [-0.39, 0.29) is 22.6 Å². The van der Waals surface area contributed by atoms with Crippen molar-refractivity contribution in [2.24, 2.45) is 0 Å². The fourth-order valence-electron chi connectivity index (χ4n) is 3.71. The molecular weight excluding hydrogens is 462 g/mol. The van der Waals surface area contributed by atoms with Gasteiger partial charge in [0.25, 0.3) is 5.56 Å². The molecule has 4 rings (SSSR count). The van der Waals surface area contributed by atoms with E-state index in [1.165, 1.54) is 21.9 Å². The highest BCUT2D eigenvalue weighted by atomic mass is 32.2. The lowest BCUT2D eigenvalue weighted by molar-refractivity contribution is -0.118. The predicted octanol–water partition coefficient (Wildman–Crippen LogP) is 3.82. The van der Waals surface area contributed by atoms with Crippen molar-refractivity contribution < 1.29 is 9.53 Å². The van der Waals surface area contributed by atoms with Crippen molar-refractivity contribution in [2.75, 3.05) is 18.9 Å². The molecule has 9 heteroatoms. The summed E-state index contributed by atoms with van der Waals surface area (Å²) in [5, 5.41) is 12.4. The molecule has 0 aliphatic heterocycles. The zero-order chi connectivity index (χ0) is 25.0. The minimum absolute atomic E-state index is 0.0926. The molecule has 1 N–H and O–H groups in total. The average Bonchev–Trinajstić information content (AvgIpc) is 3.27. The first-order valence-corrected chi connectivity index (χ1v) is 12.4. The van der Waals surface area contributed by atoms with Crippen LogP contribution in [0.3, 0.4) is 0 Å². The van der Waals surface area contributed by atoms with Gasteiger partial charge in [0.1, 0.15) is 12.4 Å². The number of carbonyl (C=O) groups excluding carboxylic acids is 1. The van der Waals surface area contributed by atoms with Crippen LogP contribution in [-0.2, 0) is 16.8 Å². The molecule has 0 aliphatic carbocycles. The minimum Gasteiger partial charge on any atom is -0.492 e. The van der Waals surface area contributed by atoms with Crippen molar-refractivity contribution in [1.82, 2.24) is 24.5 Å². The number of carbonyl (C=O) groups is 1. The number of benzene rings is 2. The summed E-state index contributed by atoms with van der Waals surface area (Å²) in [7, 11) is 0. The standard InChI is InChI=1S/C26H29N5O3S/c1-5-15-30-23(33)20-8-6-7-9-21(20)31-24(30)28-29-25(31)35-17-22(32)27-14-16-34-19-12-10-18(11-13-19)26(2,3)4/h5-13H,1,14-17H2,2-4H3,(H,27,32). The summed E-state index contributed by atoms with van der Waals surface area (Å²) in [6, 6.07) is 15.3. The molecule has 0 aliphatic rings. The monoisotopic (exact) mass is 491 g/mol. The van der Waals surface area contributed by atoms with Gasteiger partial charge in [-0.3, -0.25) is 18.6 Å². The van der Waals surface area contributed by atoms with Crippen LogP contribution in [0.25, 0.3) is 16.7 Å². The van der Waals surface area contributed by atoms with Crippen molar-refractivity contribution in [2.45, 2.75) is 37.9 Å². The molecule has 182 valence electrons. The molecule has 2 aromatic heterocycles. The summed E-state index contributed by atoms with van der Waals surface area (Å²) < 4.78 is 9.07. The number of nitrogens with one attached hydrogen (secondary N) is 1. The first kappa shape index (κ1) is 24.5. The van der Waals surface area contributed by atoms with Gasteiger partial charge < -0.3 is 10.1 Å². The van der Waals surface area contributed by atoms with Crippen LogP contribution in [0.2, 0.25) is 0 Å². The maximum atomic E-state index is 12.9. The summed E-state index contributed by atoms with van der Waals surface area (Å²) in [6.45, 7) is 11.3. The molecule has 0 fully saturated rings. The van der Waals surface area contributed by atoms with E-state index >= 15 is 0 Å². The molecule has 0 radical (unpaired) electrons. The second-order valence-corrected chi connectivity index (χ2v) is 10.0. The van der Waals surface area contributed by atoms with Crippen molar-refractivity contribution in [3.8, 4) is 5.75 Å². The number of thioether (sulfide) groups is 1. The molecule has 1 amide bonds. The zero-order valence-corrected chi connectivity index (χ0v) is 21.0. The number of amides is 1.